The van der Waals surface area contributed by atoms with E-state index in [1.54, 1.807) is 18.5 Å². The molecule has 3 aromatic heterocycles. The molecule has 1 aliphatic carbocycles. The number of likely N-dealkylation sites (tertiary alicyclic amines) is 1. The Bertz CT molecular complexity index is 1510. The number of nitrogens with zero attached hydrogens (tertiary/aromatic N) is 4. The first-order valence-corrected chi connectivity index (χ1v) is 13.6. The van der Waals surface area contributed by atoms with Crippen molar-refractivity contribution in [3.05, 3.63) is 77.8 Å². The zero-order valence-corrected chi connectivity index (χ0v) is 21.4. The maximum Gasteiger partial charge on any atom is 0.261 e. The van der Waals surface area contributed by atoms with Gasteiger partial charge in [-0.1, -0.05) is 18.2 Å². The Hall–Kier alpha value is -3.34. The van der Waals surface area contributed by atoms with Crippen molar-refractivity contribution in [2.24, 2.45) is 5.92 Å². The third kappa shape index (κ3) is 4.81. The number of hydrogen-bond donors (Lipinski definition) is 3. The number of rotatable bonds is 5. The van der Waals surface area contributed by atoms with Gasteiger partial charge in [0.2, 0.25) is 0 Å². The number of benzene rings is 1. The number of aromatic amines is 1. The molecule has 4 aromatic rings. The second kappa shape index (κ2) is 9.69. The van der Waals surface area contributed by atoms with Gasteiger partial charge in [0, 0.05) is 49.7 Å². The lowest BCUT2D eigenvalue weighted by Gasteiger charge is -2.33. The van der Waals surface area contributed by atoms with Gasteiger partial charge in [0.05, 0.1) is 18.1 Å². The van der Waals surface area contributed by atoms with Gasteiger partial charge in [0.15, 0.2) is 5.65 Å². The number of fused-ring (bicyclic) bond motifs is 2. The lowest BCUT2D eigenvalue weighted by atomic mass is 9.73. The average molecular weight is 534 g/mol. The molecule has 1 saturated carbocycles. The highest BCUT2D eigenvalue weighted by Crippen LogP contribution is 2.44. The Morgan fingerprint density at radius 1 is 1.08 bits per heavy atom. The van der Waals surface area contributed by atoms with Crippen LogP contribution in [0, 0.1) is 11.7 Å². The van der Waals surface area contributed by atoms with Crippen molar-refractivity contribution in [2.75, 3.05) is 13.1 Å². The highest BCUT2D eigenvalue weighted by atomic mass is 19.3. The fourth-order valence-electron chi connectivity index (χ4n) is 6.62. The molecule has 2 saturated heterocycles. The summed E-state index contributed by atoms with van der Waals surface area (Å²) >= 11 is 0. The molecule has 3 N–H and O–H groups in total. The number of aromatic nitrogens is 4. The van der Waals surface area contributed by atoms with E-state index in [4.69, 9.17) is 4.98 Å². The van der Waals surface area contributed by atoms with E-state index in [-0.39, 0.29) is 24.8 Å². The summed E-state index contributed by atoms with van der Waals surface area (Å²) in [4.78, 5) is 19.1. The van der Waals surface area contributed by atoms with Gasteiger partial charge in [0.1, 0.15) is 11.6 Å². The van der Waals surface area contributed by atoms with Crippen molar-refractivity contribution in [3.8, 4) is 11.1 Å². The highest BCUT2D eigenvalue weighted by molar-refractivity contribution is 5.89. The van der Waals surface area contributed by atoms with Crippen LogP contribution < -0.4 is 10.9 Å². The number of pyridine rings is 2. The first-order chi connectivity index (χ1) is 18.9. The number of halogens is 3. The van der Waals surface area contributed by atoms with E-state index in [1.807, 2.05) is 23.2 Å². The summed E-state index contributed by atoms with van der Waals surface area (Å²) in [6.07, 6.45) is 8.34. The normalized spacial score (nSPS) is 26.7. The minimum absolute atomic E-state index is 0.0321. The SMILES string of the molecule is Fc1cccc(-c2ccnc3nc(C4NNC5CCC(c6cncc(CN7CCC(F)(F)C7)c6)CC54)[nH]c23)c1. The molecule has 3 aliphatic rings. The Labute approximate surface area is 224 Å². The van der Waals surface area contributed by atoms with Crippen LogP contribution in [0.1, 0.15) is 54.6 Å². The number of alkyl halides is 2. The summed E-state index contributed by atoms with van der Waals surface area (Å²) in [6.45, 7) is 0.730. The molecule has 2 aliphatic heterocycles. The van der Waals surface area contributed by atoms with Gasteiger partial charge in [-0.3, -0.25) is 15.3 Å². The maximum atomic E-state index is 13.9. The van der Waals surface area contributed by atoms with Crippen LogP contribution in [0.25, 0.3) is 22.3 Å². The Balaban J connectivity index is 1.12. The molecule has 202 valence electrons. The van der Waals surface area contributed by atoms with Gasteiger partial charge in [-0.2, -0.15) is 0 Å². The third-order valence-corrected chi connectivity index (χ3v) is 8.53. The topological polar surface area (TPSA) is 81.8 Å². The van der Waals surface area contributed by atoms with Crippen LogP contribution in [0.3, 0.4) is 0 Å². The second-order valence-electron chi connectivity index (χ2n) is 11.2. The molecule has 4 atom stereocenters. The summed E-state index contributed by atoms with van der Waals surface area (Å²) in [5, 5.41) is 0. The van der Waals surface area contributed by atoms with Crippen molar-refractivity contribution in [1.29, 1.82) is 0 Å². The number of H-pyrrole nitrogens is 1. The number of imidazole rings is 1. The van der Waals surface area contributed by atoms with Crippen LogP contribution in [0.15, 0.2) is 55.0 Å². The quantitative estimate of drug-likeness (QED) is 0.331. The summed E-state index contributed by atoms with van der Waals surface area (Å²) in [5.74, 6) is -1.45. The molecular formula is C29H30F3N7. The highest BCUT2D eigenvalue weighted by Gasteiger charge is 2.43. The number of hydrazine groups is 1. The van der Waals surface area contributed by atoms with Crippen LogP contribution in [0.5, 0.6) is 0 Å². The third-order valence-electron chi connectivity index (χ3n) is 8.53. The van der Waals surface area contributed by atoms with E-state index < -0.39 is 5.92 Å². The molecule has 0 bridgehead atoms. The predicted molar refractivity (Wildman–Crippen MR) is 141 cm³/mol. The molecule has 3 fully saturated rings. The van der Waals surface area contributed by atoms with Gasteiger partial charge in [-0.25, -0.2) is 28.6 Å². The van der Waals surface area contributed by atoms with Crippen molar-refractivity contribution < 1.29 is 13.2 Å². The van der Waals surface area contributed by atoms with E-state index >= 15 is 0 Å². The molecule has 7 rings (SSSR count). The first-order valence-electron chi connectivity index (χ1n) is 13.6. The average Bonchev–Trinajstić information content (AvgIpc) is 3.64. The van der Waals surface area contributed by atoms with Crippen LogP contribution in [-0.4, -0.2) is 49.9 Å². The molecule has 4 unspecified atom stereocenters. The standard InChI is InChI=1S/C29H30F3N7/c30-21-3-1-2-19(11-21)22-6-8-34-27-25(22)35-28(36-27)26-23-12-18(4-5-24(23)37-38-26)20-10-17(13-33-14-20)15-39-9-7-29(31,32)16-39/h1-3,6,8,10-11,13-14,18,23-24,26,37-38H,4-5,7,9,12,15-16H2,(H,34,35,36). The van der Waals surface area contributed by atoms with E-state index in [0.29, 0.717) is 36.6 Å². The van der Waals surface area contributed by atoms with E-state index in [0.717, 1.165) is 47.3 Å². The number of hydrogen-bond acceptors (Lipinski definition) is 6. The molecule has 0 radical (unpaired) electrons. The van der Waals surface area contributed by atoms with E-state index in [9.17, 15) is 13.2 Å². The summed E-state index contributed by atoms with van der Waals surface area (Å²) in [6, 6.07) is 10.8. The first kappa shape index (κ1) is 24.7. The van der Waals surface area contributed by atoms with Gasteiger partial charge in [-0.05, 0) is 66.0 Å². The van der Waals surface area contributed by atoms with Gasteiger partial charge >= 0.3 is 0 Å². The lowest BCUT2D eigenvalue weighted by molar-refractivity contribution is 0.0115. The smallest absolute Gasteiger partial charge is 0.261 e. The molecule has 7 nitrogen and oxygen atoms in total. The molecule has 39 heavy (non-hydrogen) atoms. The Morgan fingerprint density at radius 3 is 2.85 bits per heavy atom. The molecule has 0 spiro atoms. The van der Waals surface area contributed by atoms with Crippen molar-refractivity contribution in [2.45, 2.75) is 56.2 Å². The van der Waals surface area contributed by atoms with E-state index in [2.05, 4.69) is 31.9 Å². The fraction of sp³-hybridized carbons (Fsp3) is 0.414. The number of nitrogens with one attached hydrogen (secondary N) is 3. The van der Waals surface area contributed by atoms with Crippen molar-refractivity contribution >= 4 is 11.2 Å². The van der Waals surface area contributed by atoms with Crippen LogP contribution >= 0.6 is 0 Å². The zero-order chi connectivity index (χ0) is 26.6. The van der Waals surface area contributed by atoms with Crippen molar-refractivity contribution in [3.63, 3.8) is 0 Å². The van der Waals surface area contributed by atoms with Gasteiger partial charge < -0.3 is 4.98 Å². The summed E-state index contributed by atoms with van der Waals surface area (Å²) < 4.78 is 41.3. The van der Waals surface area contributed by atoms with Crippen molar-refractivity contribution in [1.82, 2.24) is 35.7 Å². The molecule has 5 heterocycles. The second-order valence-corrected chi connectivity index (χ2v) is 11.2. The lowest BCUT2D eigenvalue weighted by Crippen LogP contribution is -2.34. The molecule has 1 aromatic carbocycles. The summed E-state index contributed by atoms with van der Waals surface area (Å²) in [5.41, 5.74) is 12.1. The van der Waals surface area contributed by atoms with E-state index in [1.165, 1.54) is 17.7 Å². The summed E-state index contributed by atoms with van der Waals surface area (Å²) in [7, 11) is 0. The van der Waals surface area contributed by atoms with Crippen LogP contribution in [0.2, 0.25) is 0 Å². The minimum Gasteiger partial charge on any atom is -0.339 e. The largest absolute Gasteiger partial charge is 0.339 e. The van der Waals surface area contributed by atoms with Gasteiger partial charge in [0.25, 0.3) is 5.92 Å². The predicted octanol–water partition coefficient (Wildman–Crippen LogP) is 5.10. The Morgan fingerprint density at radius 2 is 2.00 bits per heavy atom. The van der Waals surface area contributed by atoms with Gasteiger partial charge in [-0.15, -0.1) is 0 Å². The van der Waals surface area contributed by atoms with Crippen LogP contribution in [-0.2, 0) is 6.54 Å². The zero-order valence-electron chi connectivity index (χ0n) is 21.4. The Kier molecular flexibility index (Phi) is 6.13. The van der Waals surface area contributed by atoms with Crippen LogP contribution in [0.4, 0.5) is 13.2 Å². The monoisotopic (exact) mass is 533 g/mol. The maximum absolute atomic E-state index is 13.9. The molecule has 0 amide bonds. The fourth-order valence-corrected chi connectivity index (χ4v) is 6.62. The minimum atomic E-state index is -2.59. The molecule has 10 heteroatoms. The molecular weight excluding hydrogens is 503 g/mol.